The summed E-state index contributed by atoms with van der Waals surface area (Å²) in [5.41, 5.74) is 5.81. The Balaban J connectivity index is 2.12. The molecule has 1 aromatic rings. The maximum Gasteiger partial charge on any atom is 0.230 e. The predicted octanol–water partition coefficient (Wildman–Crippen LogP) is 2.01. The van der Waals surface area contributed by atoms with Gasteiger partial charge >= 0.3 is 0 Å². The predicted molar refractivity (Wildman–Crippen MR) is 63.5 cm³/mol. The van der Waals surface area contributed by atoms with Gasteiger partial charge in [0.25, 0.3) is 0 Å². The van der Waals surface area contributed by atoms with E-state index in [2.05, 4.69) is 10.1 Å². The van der Waals surface area contributed by atoms with E-state index in [0.717, 1.165) is 12.3 Å². The normalized spacial score (nSPS) is 27.0. The third-order valence-corrected chi connectivity index (χ3v) is 3.70. The van der Waals surface area contributed by atoms with Crippen molar-refractivity contribution in [2.75, 3.05) is 13.7 Å². The summed E-state index contributed by atoms with van der Waals surface area (Å²) in [4.78, 5) is 4.44. The first-order valence-corrected chi connectivity index (χ1v) is 6.32. The molecule has 1 fully saturated rings. The summed E-state index contributed by atoms with van der Waals surface area (Å²) < 4.78 is 10.5. The largest absolute Gasteiger partial charge is 0.374 e. The molecule has 1 heterocycles. The molecule has 0 spiro atoms. The number of hydrogen-bond donors (Lipinski definition) is 1. The molecule has 1 aliphatic carbocycles. The number of hydrogen-bond acceptors (Lipinski definition) is 5. The van der Waals surface area contributed by atoms with E-state index < -0.39 is 0 Å². The van der Waals surface area contributed by atoms with Gasteiger partial charge in [-0.25, -0.2) is 0 Å². The summed E-state index contributed by atoms with van der Waals surface area (Å²) in [5, 5.41) is 3.98. The van der Waals surface area contributed by atoms with Crippen LogP contribution in [0.3, 0.4) is 0 Å². The molecule has 0 aromatic carbocycles. The maximum absolute atomic E-state index is 5.81. The van der Waals surface area contributed by atoms with Gasteiger partial charge in [0.05, 0.1) is 0 Å². The van der Waals surface area contributed by atoms with Crippen LogP contribution in [-0.2, 0) is 4.74 Å². The van der Waals surface area contributed by atoms with Crippen molar-refractivity contribution in [3.05, 3.63) is 11.7 Å². The highest BCUT2D eigenvalue weighted by atomic mass is 16.5. The third-order valence-electron chi connectivity index (χ3n) is 3.70. The second kappa shape index (κ2) is 5.60. The zero-order valence-corrected chi connectivity index (χ0v) is 10.6. The zero-order valence-electron chi connectivity index (χ0n) is 10.6. The Morgan fingerprint density at radius 1 is 1.47 bits per heavy atom. The number of nitrogens with two attached hydrogens (primary N) is 1. The number of nitrogens with zero attached hydrogens (tertiary/aromatic N) is 2. The molecule has 1 aromatic heterocycles. The van der Waals surface area contributed by atoms with Crippen LogP contribution in [0.15, 0.2) is 4.52 Å². The summed E-state index contributed by atoms with van der Waals surface area (Å²) >= 11 is 0. The number of rotatable bonds is 4. The lowest BCUT2D eigenvalue weighted by atomic mass is 9.79. The molecule has 0 saturated heterocycles. The van der Waals surface area contributed by atoms with Crippen molar-refractivity contribution < 1.29 is 9.26 Å². The van der Waals surface area contributed by atoms with Gasteiger partial charge < -0.3 is 15.0 Å². The van der Waals surface area contributed by atoms with Gasteiger partial charge in [-0.2, -0.15) is 4.98 Å². The lowest BCUT2D eigenvalue weighted by Gasteiger charge is -2.27. The van der Waals surface area contributed by atoms with Gasteiger partial charge in [-0.3, -0.25) is 0 Å². The second-order valence-corrected chi connectivity index (χ2v) is 4.76. The van der Waals surface area contributed by atoms with E-state index in [4.69, 9.17) is 15.0 Å². The van der Waals surface area contributed by atoms with E-state index in [9.17, 15) is 0 Å². The molecule has 17 heavy (non-hydrogen) atoms. The first-order valence-electron chi connectivity index (χ1n) is 6.32. The van der Waals surface area contributed by atoms with Crippen LogP contribution in [0.25, 0.3) is 0 Å². The van der Waals surface area contributed by atoms with E-state index in [1.165, 1.54) is 19.3 Å². The molecule has 3 atom stereocenters. The molecule has 96 valence electrons. The van der Waals surface area contributed by atoms with Crippen LogP contribution in [-0.4, -0.2) is 23.8 Å². The van der Waals surface area contributed by atoms with Crippen LogP contribution in [0.4, 0.5) is 0 Å². The monoisotopic (exact) mass is 239 g/mol. The number of ether oxygens (including phenoxy) is 1. The molecule has 1 aliphatic rings. The Labute approximate surface area is 102 Å². The van der Waals surface area contributed by atoms with Crippen LogP contribution in [0, 0.1) is 5.92 Å². The fourth-order valence-electron chi connectivity index (χ4n) is 2.48. The van der Waals surface area contributed by atoms with E-state index in [1.807, 2.05) is 6.92 Å². The highest BCUT2D eigenvalue weighted by molar-refractivity contribution is 5.00. The van der Waals surface area contributed by atoms with Gasteiger partial charge in [0.1, 0.15) is 6.10 Å². The summed E-state index contributed by atoms with van der Waals surface area (Å²) in [7, 11) is 1.64. The highest BCUT2D eigenvalue weighted by Gasteiger charge is 2.30. The minimum atomic E-state index is -0.118. The van der Waals surface area contributed by atoms with Crippen molar-refractivity contribution in [1.29, 1.82) is 0 Å². The van der Waals surface area contributed by atoms with Crippen LogP contribution in [0.5, 0.6) is 0 Å². The van der Waals surface area contributed by atoms with E-state index in [1.54, 1.807) is 7.11 Å². The third kappa shape index (κ3) is 2.66. The molecule has 2 rings (SSSR count). The standard InChI is InChI=1S/C12H21N3O2/c1-8(16-2)11-14-12(17-15-11)10-6-4-3-5-9(10)7-13/h8-10H,3-7,13H2,1-2H3. The van der Waals surface area contributed by atoms with E-state index in [-0.39, 0.29) is 6.10 Å². The lowest BCUT2D eigenvalue weighted by Crippen LogP contribution is -2.25. The van der Waals surface area contributed by atoms with Crippen molar-refractivity contribution >= 4 is 0 Å². The van der Waals surface area contributed by atoms with Crippen molar-refractivity contribution in [3.8, 4) is 0 Å². The summed E-state index contributed by atoms with van der Waals surface area (Å²) in [6.45, 7) is 2.61. The van der Waals surface area contributed by atoms with Crippen molar-refractivity contribution in [1.82, 2.24) is 10.1 Å². The molecular formula is C12H21N3O2. The molecule has 0 amide bonds. The summed E-state index contributed by atoms with van der Waals surface area (Å²) in [6.07, 6.45) is 4.63. The maximum atomic E-state index is 5.81. The molecule has 5 nitrogen and oxygen atoms in total. The summed E-state index contributed by atoms with van der Waals surface area (Å²) in [6, 6.07) is 0. The zero-order chi connectivity index (χ0) is 12.3. The van der Waals surface area contributed by atoms with Crippen LogP contribution in [0.1, 0.15) is 56.3 Å². The Hall–Kier alpha value is -0.940. The lowest BCUT2D eigenvalue weighted by molar-refractivity contribution is 0.109. The van der Waals surface area contributed by atoms with Gasteiger partial charge in [-0.05, 0) is 32.2 Å². The van der Waals surface area contributed by atoms with Crippen LogP contribution >= 0.6 is 0 Å². The molecule has 0 radical (unpaired) electrons. The topological polar surface area (TPSA) is 74.2 Å². The Kier molecular flexibility index (Phi) is 4.12. The van der Waals surface area contributed by atoms with Crippen molar-refractivity contribution in [2.24, 2.45) is 11.7 Å². The average Bonchev–Trinajstić information content (AvgIpc) is 2.87. The fraction of sp³-hybridized carbons (Fsp3) is 0.833. The van der Waals surface area contributed by atoms with Crippen LogP contribution < -0.4 is 5.73 Å². The number of methoxy groups -OCH3 is 1. The molecule has 5 heteroatoms. The quantitative estimate of drug-likeness (QED) is 0.870. The molecule has 3 unspecified atom stereocenters. The Morgan fingerprint density at radius 2 is 2.24 bits per heavy atom. The smallest absolute Gasteiger partial charge is 0.230 e. The highest BCUT2D eigenvalue weighted by Crippen LogP contribution is 2.36. The van der Waals surface area contributed by atoms with Gasteiger partial charge in [0.2, 0.25) is 5.89 Å². The fourth-order valence-corrected chi connectivity index (χ4v) is 2.48. The van der Waals surface area contributed by atoms with Crippen molar-refractivity contribution in [3.63, 3.8) is 0 Å². The molecular weight excluding hydrogens is 218 g/mol. The molecule has 1 saturated carbocycles. The minimum Gasteiger partial charge on any atom is -0.374 e. The molecule has 0 aliphatic heterocycles. The Bertz CT molecular complexity index is 353. The van der Waals surface area contributed by atoms with Gasteiger partial charge in [-0.15, -0.1) is 0 Å². The second-order valence-electron chi connectivity index (χ2n) is 4.76. The Morgan fingerprint density at radius 3 is 2.94 bits per heavy atom. The minimum absolute atomic E-state index is 0.118. The van der Waals surface area contributed by atoms with Gasteiger partial charge in [-0.1, -0.05) is 18.0 Å². The molecule has 2 N–H and O–H groups in total. The van der Waals surface area contributed by atoms with E-state index in [0.29, 0.717) is 24.2 Å². The first kappa shape index (κ1) is 12.5. The average molecular weight is 239 g/mol. The van der Waals surface area contributed by atoms with E-state index >= 15 is 0 Å². The summed E-state index contributed by atoms with van der Waals surface area (Å²) in [5.74, 6) is 2.18. The number of aromatic nitrogens is 2. The van der Waals surface area contributed by atoms with Gasteiger partial charge in [0, 0.05) is 13.0 Å². The van der Waals surface area contributed by atoms with Crippen LogP contribution in [0.2, 0.25) is 0 Å². The molecule has 0 bridgehead atoms. The SMILES string of the molecule is COC(C)c1noc(C2CCCCC2CN)n1. The van der Waals surface area contributed by atoms with Crippen molar-refractivity contribution in [2.45, 2.75) is 44.6 Å². The van der Waals surface area contributed by atoms with Gasteiger partial charge in [0.15, 0.2) is 5.82 Å². The first-order chi connectivity index (χ1) is 8.26.